The average molecular weight is 308 g/mol. The van der Waals surface area contributed by atoms with Crippen molar-refractivity contribution in [3.8, 4) is 0 Å². The summed E-state index contributed by atoms with van der Waals surface area (Å²) in [5.41, 5.74) is 0. The van der Waals surface area contributed by atoms with Crippen LogP contribution in [-0.4, -0.2) is 37.2 Å². The second-order valence-electron chi connectivity index (χ2n) is 8.16. The van der Waals surface area contributed by atoms with E-state index >= 15 is 0 Å². The van der Waals surface area contributed by atoms with Gasteiger partial charge >= 0.3 is 0 Å². The Kier molecular flexibility index (Phi) is 7.07. The van der Waals surface area contributed by atoms with Gasteiger partial charge in [-0.3, -0.25) is 0 Å². The molecule has 0 amide bonds. The second-order valence-corrected chi connectivity index (χ2v) is 8.16. The van der Waals surface area contributed by atoms with Crippen molar-refractivity contribution in [1.82, 2.24) is 4.90 Å². The van der Waals surface area contributed by atoms with Crippen molar-refractivity contribution in [2.45, 2.75) is 89.6 Å². The van der Waals surface area contributed by atoms with Crippen molar-refractivity contribution >= 4 is 0 Å². The zero-order valence-corrected chi connectivity index (χ0v) is 14.6. The topological polar surface area (TPSA) is 12.5 Å². The smallest absolute Gasteiger partial charge is 0.0597 e. The summed E-state index contributed by atoms with van der Waals surface area (Å²) in [6, 6.07) is 0. The summed E-state index contributed by atoms with van der Waals surface area (Å²) < 4.78 is 6.18. The lowest BCUT2D eigenvalue weighted by molar-refractivity contribution is 0.00283. The molecule has 0 N–H and O–H groups in total. The molecule has 0 atom stereocenters. The van der Waals surface area contributed by atoms with Crippen LogP contribution in [0.15, 0.2) is 0 Å². The van der Waals surface area contributed by atoms with Gasteiger partial charge in [0.25, 0.3) is 0 Å². The van der Waals surface area contributed by atoms with Crippen molar-refractivity contribution in [2.75, 3.05) is 26.2 Å². The van der Waals surface area contributed by atoms with E-state index in [0.29, 0.717) is 6.10 Å². The Bertz CT molecular complexity index is 286. The largest absolute Gasteiger partial charge is 0.377 e. The summed E-state index contributed by atoms with van der Waals surface area (Å²) in [5.74, 6) is 2.08. The van der Waals surface area contributed by atoms with Crippen LogP contribution < -0.4 is 0 Å². The third-order valence-corrected chi connectivity index (χ3v) is 6.39. The van der Waals surface area contributed by atoms with Crippen molar-refractivity contribution in [1.29, 1.82) is 0 Å². The molecule has 3 rings (SSSR count). The van der Waals surface area contributed by atoms with Crippen LogP contribution in [0.3, 0.4) is 0 Å². The molecule has 3 fully saturated rings. The highest BCUT2D eigenvalue weighted by molar-refractivity contribution is 4.77. The molecule has 22 heavy (non-hydrogen) atoms. The number of hydrogen-bond acceptors (Lipinski definition) is 2. The molecule has 1 saturated heterocycles. The quantitative estimate of drug-likeness (QED) is 0.683. The molecule has 128 valence electrons. The zero-order chi connectivity index (χ0) is 15.0. The fourth-order valence-corrected chi connectivity index (χ4v) is 4.96. The Morgan fingerprint density at radius 1 is 0.682 bits per heavy atom. The second kappa shape index (κ2) is 9.27. The van der Waals surface area contributed by atoms with Crippen LogP contribution in [0.1, 0.15) is 83.5 Å². The Morgan fingerprint density at radius 2 is 1.32 bits per heavy atom. The maximum absolute atomic E-state index is 6.18. The fraction of sp³-hybridized carbons (Fsp3) is 1.00. The summed E-state index contributed by atoms with van der Waals surface area (Å²) in [5, 5.41) is 0. The monoisotopic (exact) mass is 307 g/mol. The fourth-order valence-electron chi connectivity index (χ4n) is 4.96. The van der Waals surface area contributed by atoms with Gasteiger partial charge in [-0.1, -0.05) is 38.5 Å². The van der Waals surface area contributed by atoms with Gasteiger partial charge in [0.2, 0.25) is 0 Å². The van der Waals surface area contributed by atoms with E-state index in [0.717, 1.165) is 18.4 Å². The average Bonchev–Trinajstić information content (AvgIpc) is 2.58. The molecular formula is C20H37NO. The number of likely N-dealkylation sites (tertiary alicyclic amines) is 1. The van der Waals surface area contributed by atoms with Crippen LogP contribution in [0, 0.1) is 11.8 Å². The van der Waals surface area contributed by atoms with E-state index in [1.54, 1.807) is 0 Å². The van der Waals surface area contributed by atoms with Crippen molar-refractivity contribution < 1.29 is 4.74 Å². The minimum atomic E-state index is 0.576. The molecule has 2 saturated carbocycles. The van der Waals surface area contributed by atoms with Crippen molar-refractivity contribution in [3.63, 3.8) is 0 Å². The number of rotatable bonds is 6. The first-order valence-electron chi connectivity index (χ1n) is 10.2. The summed E-state index contributed by atoms with van der Waals surface area (Å²) in [7, 11) is 0. The van der Waals surface area contributed by atoms with Gasteiger partial charge in [-0.25, -0.2) is 0 Å². The van der Waals surface area contributed by atoms with E-state index in [-0.39, 0.29) is 0 Å². The van der Waals surface area contributed by atoms with Crippen LogP contribution in [-0.2, 0) is 4.74 Å². The number of ether oxygens (including phenoxy) is 1. The van der Waals surface area contributed by atoms with Gasteiger partial charge in [0.1, 0.15) is 0 Å². The van der Waals surface area contributed by atoms with Crippen LogP contribution >= 0.6 is 0 Å². The van der Waals surface area contributed by atoms with Gasteiger partial charge in [0, 0.05) is 6.54 Å². The Balaban J connectivity index is 1.25. The molecule has 0 aromatic heterocycles. The summed E-state index contributed by atoms with van der Waals surface area (Å²) in [4.78, 5) is 2.60. The molecule has 0 aromatic rings. The van der Waals surface area contributed by atoms with Gasteiger partial charge in [0.05, 0.1) is 12.7 Å². The minimum Gasteiger partial charge on any atom is -0.377 e. The summed E-state index contributed by atoms with van der Waals surface area (Å²) >= 11 is 0. The van der Waals surface area contributed by atoms with Crippen LogP contribution in [0.25, 0.3) is 0 Å². The maximum Gasteiger partial charge on any atom is 0.0597 e. The molecule has 0 unspecified atom stereocenters. The van der Waals surface area contributed by atoms with Crippen LogP contribution in [0.4, 0.5) is 0 Å². The van der Waals surface area contributed by atoms with E-state index in [2.05, 4.69) is 4.90 Å². The number of piperidine rings is 1. The molecule has 3 aliphatic rings. The SMILES string of the molecule is C1CCC(CC2CCC(OCCN3CCCCC3)CC2)CC1. The van der Waals surface area contributed by atoms with Gasteiger partial charge < -0.3 is 9.64 Å². The summed E-state index contributed by atoms with van der Waals surface area (Å²) in [6.07, 6.45) is 19.4. The molecule has 2 heteroatoms. The molecule has 0 bridgehead atoms. The summed E-state index contributed by atoms with van der Waals surface area (Å²) in [6.45, 7) is 4.74. The minimum absolute atomic E-state index is 0.576. The first-order chi connectivity index (χ1) is 10.9. The third-order valence-electron chi connectivity index (χ3n) is 6.39. The Labute approximate surface area is 138 Å². The van der Waals surface area contributed by atoms with E-state index in [4.69, 9.17) is 4.74 Å². The van der Waals surface area contributed by atoms with E-state index in [1.165, 1.54) is 103 Å². The lowest BCUT2D eigenvalue weighted by Crippen LogP contribution is -2.34. The highest BCUT2D eigenvalue weighted by atomic mass is 16.5. The predicted molar refractivity (Wildman–Crippen MR) is 93.2 cm³/mol. The normalized spacial score (nSPS) is 32.2. The molecule has 2 nitrogen and oxygen atoms in total. The first kappa shape index (κ1) is 16.8. The molecule has 1 aliphatic heterocycles. The highest BCUT2D eigenvalue weighted by Gasteiger charge is 2.25. The molecule has 1 heterocycles. The lowest BCUT2D eigenvalue weighted by atomic mass is 9.77. The standard InChI is InChI=1S/C20H37NO/c1-3-7-18(8-4-1)17-19-9-11-20(12-10-19)22-16-15-21-13-5-2-6-14-21/h18-20H,1-17H2. The number of nitrogens with zero attached hydrogens (tertiary/aromatic N) is 1. The maximum atomic E-state index is 6.18. The lowest BCUT2D eigenvalue weighted by Gasteiger charge is -2.33. The molecule has 0 aromatic carbocycles. The first-order valence-corrected chi connectivity index (χ1v) is 10.2. The molecule has 0 spiro atoms. The predicted octanol–water partition coefficient (Wildman–Crippen LogP) is 5.02. The van der Waals surface area contributed by atoms with Gasteiger partial charge in [-0.15, -0.1) is 0 Å². The van der Waals surface area contributed by atoms with Crippen LogP contribution in [0.5, 0.6) is 0 Å². The van der Waals surface area contributed by atoms with Gasteiger partial charge in [0.15, 0.2) is 0 Å². The zero-order valence-electron chi connectivity index (χ0n) is 14.6. The van der Waals surface area contributed by atoms with Crippen molar-refractivity contribution in [3.05, 3.63) is 0 Å². The van der Waals surface area contributed by atoms with E-state index < -0.39 is 0 Å². The van der Waals surface area contributed by atoms with E-state index in [9.17, 15) is 0 Å². The van der Waals surface area contributed by atoms with Gasteiger partial charge in [-0.05, 0) is 69.9 Å². The molecule has 0 radical (unpaired) electrons. The van der Waals surface area contributed by atoms with Crippen LogP contribution in [0.2, 0.25) is 0 Å². The third kappa shape index (κ3) is 5.53. The van der Waals surface area contributed by atoms with E-state index in [1.807, 2.05) is 0 Å². The highest BCUT2D eigenvalue weighted by Crippen LogP contribution is 2.35. The number of hydrogen-bond donors (Lipinski definition) is 0. The Morgan fingerprint density at radius 3 is 2.05 bits per heavy atom. The molecular weight excluding hydrogens is 270 g/mol. The van der Waals surface area contributed by atoms with Crippen molar-refractivity contribution in [2.24, 2.45) is 11.8 Å². The van der Waals surface area contributed by atoms with Gasteiger partial charge in [-0.2, -0.15) is 0 Å². The Hall–Kier alpha value is -0.0800. The molecule has 2 aliphatic carbocycles.